The Morgan fingerprint density at radius 1 is 0.938 bits per heavy atom. The van der Waals surface area contributed by atoms with Crippen LogP contribution in [0.1, 0.15) is 32.8 Å². The SMILES string of the molecule is Cc1cc(C)cc(Cn2c(=O)c3cccn3c3ccc(C(=O)NCc4ccco4)cc32)c1. The van der Waals surface area contributed by atoms with Gasteiger partial charge < -0.3 is 18.7 Å². The Labute approximate surface area is 184 Å². The standard InChI is InChI=1S/C26H23N3O3/c1-17-11-18(2)13-19(12-17)16-29-24-14-20(25(30)27-15-21-5-4-10-32-21)7-8-22(24)28-9-3-6-23(28)26(29)31/h3-14H,15-16H2,1-2H3,(H,27,30). The Morgan fingerprint density at radius 2 is 1.75 bits per heavy atom. The fourth-order valence-corrected chi connectivity index (χ4v) is 4.28. The molecule has 1 amide bonds. The third-order valence-electron chi connectivity index (χ3n) is 5.63. The molecule has 1 N–H and O–H groups in total. The molecular formula is C26H23N3O3. The van der Waals surface area contributed by atoms with Crippen LogP contribution in [0.2, 0.25) is 0 Å². The maximum Gasteiger partial charge on any atom is 0.275 e. The minimum atomic E-state index is -0.221. The molecule has 3 heterocycles. The molecule has 2 aromatic carbocycles. The molecule has 0 bridgehead atoms. The van der Waals surface area contributed by atoms with Crippen LogP contribution < -0.4 is 10.9 Å². The lowest BCUT2D eigenvalue weighted by Crippen LogP contribution is -2.25. The highest BCUT2D eigenvalue weighted by Crippen LogP contribution is 2.20. The predicted molar refractivity (Wildman–Crippen MR) is 124 cm³/mol. The van der Waals surface area contributed by atoms with Gasteiger partial charge in [-0.2, -0.15) is 0 Å². The zero-order valence-corrected chi connectivity index (χ0v) is 18.0. The molecule has 0 atom stereocenters. The molecule has 0 aliphatic carbocycles. The quantitative estimate of drug-likeness (QED) is 0.453. The molecule has 5 rings (SSSR count). The largest absolute Gasteiger partial charge is 0.467 e. The lowest BCUT2D eigenvalue weighted by atomic mass is 10.1. The van der Waals surface area contributed by atoms with Crippen molar-refractivity contribution in [1.82, 2.24) is 14.3 Å². The summed E-state index contributed by atoms with van der Waals surface area (Å²) < 4.78 is 8.91. The highest BCUT2D eigenvalue weighted by atomic mass is 16.3. The van der Waals surface area contributed by atoms with Crippen molar-refractivity contribution in [2.75, 3.05) is 0 Å². The number of furan rings is 1. The number of hydrogen-bond donors (Lipinski definition) is 1. The molecule has 0 radical (unpaired) electrons. The first kappa shape index (κ1) is 19.9. The number of fused-ring (bicyclic) bond motifs is 3. The van der Waals surface area contributed by atoms with Crippen LogP contribution in [0, 0.1) is 13.8 Å². The van der Waals surface area contributed by atoms with Gasteiger partial charge in [0.15, 0.2) is 0 Å². The van der Waals surface area contributed by atoms with Crippen LogP contribution in [0.5, 0.6) is 0 Å². The van der Waals surface area contributed by atoms with Crippen molar-refractivity contribution in [2.24, 2.45) is 0 Å². The summed E-state index contributed by atoms with van der Waals surface area (Å²) in [6.45, 7) is 4.83. The molecule has 6 heteroatoms. The fraction of sp³-hybridized carbons (Fsp3) is 0.154. The van der Waals surface area contributed by atoms with E-state index >= 15 is 0 Å². The molecule has 3 aromatic heterocycles. The number of aryl methyl sites for hydroxylation is 2. The van der Waals surface area contributed by atoms with E-state index in [1.54, 1.807) is 29.0 Å². The average Bonchev–Trinajstić information content (AvgIpc) is 3.46. The smallest absolute Gasteiger partial charge is 0.275 e. The molecule has 0 unspecified atom stereocenters. The minimum absolute atomic E-state index is 0.0881. The van der Waals surface area contributed by atoms with Gasteiger partial charge in [-0.05, 0) is 61.9 Å². The number of nitrogens with one attached hydrogen (secondary N) is 1. The summed E-state index contributed by atoms with van der Waals surface area (Å²) >= 11 is 0. The molecule has 6 nitrogen and oxygen atoms in total. The molecule has 0 saturated heterocycles. The van der Waals surface area contributed by atoms with E-state index in [0.717, 1.165) is 22.2 Å². The van der Waals surface area contributed by atoms with Gasteiger partial charge >= 0.3 is 0 Å². The first-order chi connectivity index (χ1) is 15.5. The maximum absolute atomic E-state index is 13.4. The molecule has 32 heavy (non-hydrogen) atoms. The number of carbonyl (C=O) groups excluding carboxylic acids is 1. The predicted octanol–water partition coefficient (Wildman–Crippen LogP) is 4.44. The van der Waals surface area contributed by atoms with E-state index in [2.05, 4.69) is 37.4 Å². The van der Waals surface area contributed by atoms with E-state index < -0.39 is 0 Å². The lowest BCUT2D eigenvalue weighted by Gasteiger charge is -2.15. The Hall–Kier alpha value is -4.06. The van der Waals surface area contributed by atoms with Gasteiger partial charge in [-0.15, -0.1) is 0 Å². The summed E-state index contributed by atoms with van der Waals surface area (Å²) in [6, 6.07) is 19.0. The fourth-order valence-electron chi connectivity index (χ4n) is 4.28. The number of hydrogen-bond acceptors (Lipinski definition) is 3. The molecule has 160 valence electrons. The topological polar surface area (TPSA) is 68.7 Å². The van der Waals surface area contributed by atoms with Crippen molar-refractivity contribution >= 4 is 22.5 Å². The van der Waals surface area contributed by atoms with Crippen molar-refractivity contribution in [3.63, 3.8) is 0 Å². The van der Waals surface area contributed by atoms with Crippen LogP contribution in [-0.2, 0) is 13.1 Å². The third-order valence-corrected chi connectivity index (χ3v) is 5.63. The van der Waals surface area contributed by atoms with Crippen molar-refractivity contribution in [2.45, 2.75) is 26.9 Å². The van der Waals surface area contributed by atoms with E-state index in [-0.39, 0.29) is 11.5 Å². The minimum Gasteiger partial charge on any atom is -0.467 e. The summed E-state index contributed by atoms with van der Waals surface area (Å²) in [5.41, 5.74) is 5.95. The van der Waals surface area contributed by atoms with Gasteiger partial charge in [0.25, 0.3) is 11.5 Å². The molecular weight excluding hydrogens is 402 g/mol. The zero-order chi connectivity index (χ0) is 22.2. The lowest BCUT2D eigenvalue weighted by molar-refractivity contribution is 0.0948. The summed E-state index contributed by atoms with van der Waals surface area (Å²) in [5.74, 6) is 0.459. The first-order valence-electron chi connectivity index (χ1n) is 10.5. The van der Waals surface area contributed by atoms with Gasteiger partial charge in [-0.1, -0.05) is 29.3 Å². The van der Waals surface area contributed by atoms with Crippen molar-refractivity contribution < 1.29 is 9.21 Å². The van der Waals surface area contributed by atoms with E-state index in [0.29, 0.717) is 35.4 Å². The average molecular weight is 425 g/mol. The van der Waals surface area contributed by atoms with Crippen molar-refractivity contribution in [1.29, 1.82) is 0 Å². The number of amides is 1. The van der Waals surface area contributed by atoms with Crippen LogP contribution in [-0.4, -0.2) is 14.9 Å². The second-order valence-corrected chi connectivity index (χ2v) is 8.12. The van der Waals surface area contributed by atoms with E-state index in [1.807, 2.05) is 34.9 Å². The molecule has 5 aromatic rings. The molecule has 0 aliphatic rings. The van der Waals surface area contributed by atoms with Gasteiger partial charge in [0.2, 0.25) is 0 Å². The van der Waals surface area contributed by atoms with Crippen LogP contribution >= 0.6 is 0 Å². The number of rotatable bonds is 5. The Balaban J connectivity index is 1.61. The molecule has 0 aliphatic heterocycles. The first-order valence-corrected chi connectivity index (χ1v) is 10.5. The summed E-state index contributed by atoms with van der Waals surface area (Å²) in [6.07, 6.45) is 3.45. The molecule has 0 saturated carbocycles. The van der Waals surface area contributed by atoms with E-state index in [1.165, 1.54) is 0 Å². The van der Waals surface area contributed by atoms with Crippen LogP contribution in [0.4, 0.5) is 0 Å². The second kappa shape index (κ2) is 7.89. The highest BCUT2D eigenvalue weighted by Gasteiger charge is 2.14. The summed E-state index contributed by atoms with van der Waals surface area (Å²) in [5, 5.41) is 2.87. The second-order valence-electron chi connectivity index (χ2n) is 8.12. The number of nitrogens with zero attached hydrogens (tertiary/aromatic N) is 2. The van der Waals surface area contributed by atoms with Crippen LogP contribution in [0.25, 0.3) is 16.6 Å². The number of carbonyl (C=O) groups is 1. The van der Waals surface area contributed by atoms with Crippen LogP contribution in [0.3, 0.4) is 0 Å². The van der Waals surface area contributed by atoms with Gasteiger partial charge in [0.1, 0.15) is 11.3 Å². The normalized spacial score (nSPS) is 11.3. The number of aromatic nitrogens is 2. The Kier molecular flexibility index (Phi) is 4.90. The zero-order valence-electron chi connectivity index (χ0n) is 18.0. The molecule has 0 fully saturated rings. The summed E-state index contributed by atoms with van der Waals surface area (Å²) in [4.78, 5) is 26.2. The van der Waals surface area contributed by atoms with E-state index in [9.17, 15) is 9.59 Å². The van der Waals surface area contributed by atoms with Gasteiger partial charge in [-0.25, -0.2) is 0 Å². The van der Waals surface area contributed by atoms with Crippen LogP contribution in [0.15, 0.2) is 82.3 Å². The van der Waals surface area contributed by atoms with Gasteiger partial charge in [-0.3, -0.25) is 9.59 Å². The maximum atomic E-state index is 13.4. The molecule has 0 spiro atoms. The Morgan fingerprint density at radius 3 is 2.50 bits per heavy atom. The summed E-state index contributed by atoms with van der Waals surface area (Å²) in [7, 11) is 0. The van der Waals surface area contributed by atoms with Crippen molar-refractivity contribution in [3.8, 4) is 0 Å². The van der Waals surface area contributed by atoms with Gasteiger partial charge in [0, 0.05) is 11.8 Å². The van der Waals surface area contributed by atoms with Crippen molar-refractivity contribution in [3.05, 3.63) is 111 Å². The number of benzene rings is 2. The highest BCUT2D eigenvalue weighted by molar-refractivity contribution is 5.97. The van der Waals surface area contributed by atoms with Gasteiger partial charge in [0.05, 0.1) is 30.4 Å². The van der Waals surface area contributed by atoms with E-state index in [4.69, 9.17) is 4.42 Å². The Bertz CT molecular complexity index is 1490. The monoisotopic (exact) mass is 425 g/mol. The third kappa shape index (κ3) is 3.60.